The highest BCUT2D eigenvalue weighted by Crippen LogP contribution is 2.38. The van der Waals surface area contributed by atoms with Crippen LogP contribution in [0.25, 0.3) is 10.8 Å². The van der Waals surface area contributed by atoms with Crippen LogP contribution in [0.2, 0.25) is 0 Å². The lowest BCUT2D eigenvalue weighted by Crippen LogP contribution is -2.51. The molecular weight excluding hydrogens is 458 g/mol. The molecule has 34 heavy (non-hydrogen) atoms. The predicted molar refractivity (Wildman–Crippen MR) is 131 cm³/mol. The summed E-state index contributed by atoms with van der Waals surface area (Å²) in [5, 5.41) is 4.44. The van der Waals surface area contributed by atoms with E-state index in [-0.39, 0.29) is 10.7 Å². The van der Waals surface area contributed by atoms with Crippen LogP contribution in [0.5, 0.6) is 23.0 Å². The first-order valence-corrected chi connectivity index (χ1v) is 10.6. The molecule has 0 aliphatic rings. The summed E-state index contributed by atoms with van der Waals surface area (Å²) in [5.41, 5.74) is 5.13. The van der Waals surface area contributed by atoms with Crippen LogP contribution in [-0.4, -0.2) is 44.4 Å². The second-order valence-corrected chi connectivity index (χ2v) is 7.49. The second-order valence-electron chi connectivity index (χ2n) is 7.08. The number of benzene rings is 3. The van der Waals surface area contributed by atoms with E-state index in [9.17, 15) is 9.59 Å². The minimum Gasteiger partial charge on any atom is -0.493 e. The molecule has 1 atom stereocenters. The van der Waals surface area contributed by atoms with Gasteiger partial charge in [0.1, 0.15) is 5.75 Å². The molecule has 3 aromatic carbocycles. The lowest BCUT2D eigenvalue weighted by Gasteiger charge is -2.17. The molecule has 0 saturated heterocycles. The van der Waals surface area contributed by atoms with Crippen LogP contribution in [0.3, 0.4) is 0 Å². The van der Waals surface area contributed by atoms with Gasteiger partial charge in [0, 0.05) is 5.56 Å². The second kappa shape index (κ2) is 11.2. The van der Waals surface area contributed by atoms with E-state index in [0.29, 0.717) is 23.0 Å². The molecule has 3 N–H and O–H groups in total. The lowest BCUT2D eigenvalue weighted by molar-refractivity contribution is -0.127. The maximum atomic E-state index is 12.6. The SMILES string of the molecule is COc1cc(C(=O)NC(=S)NNC(=O)C(C)Oc2ccc3ccccc3c2)cc(OC)c1OC. The number of thiocarbonyl (C=S) groups is 1. The third-order valence-corrected chi connectivity index (χ3v) is 5.06. The number of hydrazine groups is 1. The van der Waals surface area contributed by atoms with Crippen molar-refractivity contribution in [3.05, 3.63) is 60.2 Å². The molecule has 2 amide bonds. The summed E-state index contributed by atoms with van der Waals surface area (Å²) >= 11 is 5.10. The van der Waals surface area contributed by atoms with Crippen molar-refractivity contribution in [3.63, 3.8) is 0 Å². The molecule has 0 fully saturated rings. The number of amides is 2. The Morgan fingerprint density at radius 3 is 2.12 bits per heavy atom. The fourth-order valence-corrected chi connectivity index (χ4v) is 3.28. The largest absolute Gasteiger partial charge is 0.493 e. The summed E-state index contributed by atoms with van der Waals surface area (Å²) in [7, 11) is 4.36. The fraction of sp³-hybridized carbons (Fsp3) is 0.208. The average Bonchev–Trinajstić information content (AvgIpc) is 2.85. The van der Waals surface area contributed by atoms with Crippen LogP contribution in [0, 0.1) is 0 Å². The van der Waals surface area contributed by atoms with Crippen LogP contribution in [0.4, 0.5) is 0 Å². The molecule has 0 saturated carbocycles. The first-order chi connectivity index (χ1) is 16.4. The lowest BCUT2D eigenvalue weighted by atomic mass is 10.1. The number of carbonyl (C=O) groups excluding carboxylic acids is 2. The van der Waals surface area contributed by atoms with Gasteiger partial charge in [0.2, 0.25) is 5.75 Å². The topological polar surface area (TPSA) is 107 Å². The minimum atomic E-state index is -0.817. The van der Waals surface area contributed by atoms with Gasteiger partial charge in [-0.05, 0) is 54.2 Å². The fourth-order valence-electron chi connectivity index (χ4n) is 3.14. The van der Waals surface area contributed by atoms with Crippen molar-refractivity contribution in [2.75, 3.05) is 21.3 Å². The van der Waals surface area contributed by atoms with Crippen molar-refractivity contribution in [1.29, 1.82) is 0 Å². The van der Waals surface area contributed by atoms with Gasteiger partial charge in [-0.3, -0.25) is 25.8 Å². The Morgan fingerprint density at radius 1 is 0.853 bits per heavy atom. The number of hydrogen-bond donors (Lipinski definition) is 3. The van der Waals surface area contributed by atoms with Crippen LogP contribution in [0.15, 0.2) is 54.6 Å². The predicted octanol–water partition coefficient (Wildman–Crippen LogP) is 2.97. The van der Waals surface area contributed by atoms with E-state index >= 15 is 0 Å². The molecule has 10 heteroatoms. The van der Waals surface area contributed by atoms with E-state index in [1.54, 1.807) is 13.0 Å². The number of hydrogen-bond acceptors (Lipinski definition) is 7. The van der Waals surface area contributed by atoms with Gasteiger partial charge in [0.25, 0.3) is 11.8 Å². The Labute approximate surface area is 202 Å². The monoisotopic (exact) mass is 483 g/mol. The molecular formula is C24H25N3O6S. The maximum absolute atomic E-state index is 12.6. The molecule has 3 aromatic rings. The summed E-state index contributed by atoms with van der Waals surface area (Å²) < 4.78 is 21.5. The van der Waals surface area contributed by atoms with Gasteiger partial charge in [-0.1, -0.05) is 30.3 Å². The highest BCUT2D eigenvalue weighted by molar-refractivity contribution is 7.80. The number of carbonyl (C=O) groups is 2. The van der Waals surface area contributed by atoms with E-state index in [1.807, 2.05) is 36.4 Å². The molecule has 0 radical (unpaired) electrons. The number of rotatable bonds is 7. The Hall–Kier alpha value is -4.05. The smallest absolute Gasteiger partial charge is 0.279 e. The van der Waals surface area contributed by atoms with E-state index in [0.717, 1.165) is 10.8 Å². The summed E-state index contributed by atoms with van der Waals surface area (Å²) in [6, 6.07) is 16.4. The van der Waals surface area contributed by atoms with Crippen LogP contribution in [0.1, 0.15) is 17.3 Å². The van der Waals surface area contributed by atoms with E-state index in [2.05, 4.69) is 16.2 Å². The maximum Gasteiger partial charge on any atom is 0.279 e. The Kier molecular flexibility index (Phi) is 8.10. The van der Waals surface area contributed by atoms with Gasteiger partial charge < -0.3 is 18.9 Å². The molecule has 178 valence electrons. The van der Waals surface area contributed by atoms with Crippen molar-refractivity contribution >= 4 is 39.9 Å². The summed E-state index contributed by atoms with van der Waals surface area (Å²) in [6.07, 6.45) is -0.817. The van der Waals surface area contributed by atoms with Gasteiger partial charge in [0.05, 0.1) is 21.3 Å². The van der Waals surface area contributed by atoms with E-state index in [1.165, 1.54) is 33.5 Å². The van der Waals surface area contributed by atoms with Crippen molar-refractivity contribution in [2.24, 2.45) is 0 Å². The molecule has 0 aliphatic carbocycles. The Bertz CT molecular complexity index is 1190. The van der Waals surface area contributed by atoms with Crippen molar-refractivity contribution < 1.29 is 28.5 Å². The van der Waals surface area contributed by atoms with Gasteiger partial charge in [-0.2, -0.15) is 0 Å². The van der Waals surface area contributed by atoms with Crippen molar-refractivity contribution in [3.8, 4) is 23.0 Å². The molecule has 0 spiro atoms. The Balaban J connectivity index is 1.55. The molecule has 3 rings (SSSR count). The molecule has 0 bridgehead atoms. The molecule has 9 nitrogen and oxygen atoms in total. The number of nitrogens with one attached hydrogen (secondary N) is 3. The van der Waals surface area contributed by atoms with E-state index < -0.39 is 17.9 Å². The highest BCUT2D eigenvalue weighted by Gasteiger charge is 2.19. The van der Waals surface area contributed by atoms with Crippen LogP contribution in [-0.2, 0) is 4.79 Å². The summed E-state index contributed by atoms with van der Waals surface area (Å²) in [6.45, 7) is 1.60. The third-order valence-electron chi connectivity index (χ3n) is 4.86. The first kappa shape index (κ1) is 24.6. The Morgan fingerprint density at radius 2 is 1.50 bits per heavy atom. The highest BCUT2D eigenvalue weighted by atomic mass is 32.1. The number of ether oxygens (including phenoxy) is 4. The van der Waals surface area contributed by atoms with E-state index in [4.69, 9.17) is 31.2 Å². The van der Waals surface area contributed by atoms with Crippen molar-refractivity contribution in [1.82, 2.24) is 16.2 Å². The standard InChI is InChI=1S/C24H25N3O6S/c1-14(33-18-10-9-15-7-5-6-8-16(15)11-18)22(28)26-27-24(34)25-23(29)17-12-19(30-2)21(32-4)20(13-17)31-3/h5-14H,1-4H3,(H,26,28)(H2,25,27,29,34). The molecule has 0 aromatic heterocycles. The molecule has 0 aliphatic heterocycles. The zero-order valence-corrected chi connectivity index (χ0v) is 19.9. The van der Waals surface area contributed by atoms with Crippen LogP contribution < -0.4 is 35.1 Å². The quantitative estimate of drug-likeness (QED) is 0.348. The molecule has 1 unspecified atom stereocenters. The normalized spacial score (nSPS) is 11.2. The minimum absolute atomic E-state index is 0.106. The summed E-state index contributed by atoms with van der Waals surface area (Å²) in [4.78, 5) is 25.0. The average molecular weight is 484 g/mol. The van der Waals surface area contributed by atoms with Crippen LogP contribution >= 0.6 is 12.2 Å². The van der Waals surface area contributed by atoms with Gasteiger partial charge in [-0.15, -0.1) is 0 Å². The van der Waals surface area contributed by atoms with Crippen molar-refractivity contribution in [2.45, 2.75) is 13.0 Å². The number of fused-ring (bicyclic) bond motifs is 1. The number of methoxy groups -OCH3 is 3. The molecule has 0 heterocycles. The van der Waals surface area contributed by atoms with Gasteiger partial charge in [-0.25, -0.2) is 0 Å². The summed E-state index contributed by atoms with van der Waals surface area (Å²) in [5.74, 6) is 0.538. The first-order valence-electron chi connectivity index (χ1n) is 10.2. The van der Waals surface area contributed by atoms with Gasteiger partial charge >= 0.3 is 0 Å². The third kappa shape index (κ3) is 5.84. The zero-order valence-electron chi connectivity index (χ0n) is 19.1. The zero-order chi connectivity index (χ0) is 24.7. The van der Waals surface area contributed by atoms with Gasteiger partial charge in [0.15, 0.2) is 22.7 Å².